The molecule has 1 N–H and O–H groups in total. The van der Waals surface area contributed by atoms with Crippen LogP contribution in [-0.2, 0) is 4.74 Å². The van der Waals surface area contributed by atoms with E-state index >= 15 is 0 Å². The van der Waals surface area contributed by atoms with Gasteiger partial charge in [0.1, 0.15) is 17.6 Å². The molecule has 0 bridgehead atoms. The first-order valence-corrected chi connectivity index (χ1v) is 11.3. The number of hydrogen-bond acceptors (Lipinski definition) is 6. The molecule has 158 valence electrons. The molecular formula is C21H34N2O4S. The highest BCUT2D eigenvalue weighted by atomic mass is 32.2. The molecule has 1 aromatic carbocycles. The van der Waals surface area contributed by atoms with Gasteiger partial charge < -0.3 is 24.4 Å². The second-order valence-corrected chi connectivity index (χ2v) is 8.08. The Morgan fingerprint density at radius 1 is 1.32 bits per heavy atom. The molecule has 6 nitrogen and oxygen atoms in total. The highest BCUT2D eigenvalue weighted by Crippen LogP contribution is 2.28. The molecule has 1 saturated heterocycles. The minimum Gasteiger partial charge on any atom is -0.497 e. The topological polar surface area (TPSA) is 60.0 Å². The van der Waals surface area contributed by atoms with Crippen molar-refractivity contribution in [3.8, 4) is 11.5 Å². The van der Waals surface area contributed by atoms with Crippen molar-refractivity contribution in [1.82, 2.24) is 10.2 Å². The van der Waals surface area contributed by atoms with Crippen LogP contribution in [0.4, 0.5) is 0 Å². The second-order valence-electron chi connectivity index (χ2n) is 7.09. The Kier molecular flexibility index (Phi) is 9.95. The zero-order valence-electron chi connectivity index (χ0n) is 17.5. The van der Waals surface area contributed by atoms with E-state index in [-0.39, 0.29) is 12.0 Å². The van der Waals surface area contributed by atoms with Crippen molar-refractivity contribution in [2.45, 2.75) is 38.3 Å². The maximum atomic E-state index is 12.5. The van der Waals surface area contributed by atoms with Crippen LogP contribution in [0.15, 0.2) is 18.2 Å². The summed E-state index contributed by atoms with van der Waals surface area (Å²) in [6.07, 6.45) is 5.41. The fourth-order valence-electron chi connectivity index (χ4n) is 3.36. The van der Waals surface area contributed by atoms with Gasteiger partial charge in [-0.25, -0.2) is 0 Å². The summed E-state index contributed by atoms with van der Waals surface area (Å²) in [6.45, 7) is 5.30. The lowest BCUT2D eigenvalue weighted by Crippen LogP contribution is -2.43. The molecular weight excluding hydrogens is 376 g/mol. The molecule has 1 amide bonds. The Morgan fingerprint density at radius 2 is 2.07 bits per heavy atom. The minimum atomic E-state index is -0.155. The van der Waals surface area contributed by atoms with Crippen LogP contribution in [0.1, 0.15) is 36.5 Å². The molecule has 2 rings (SSSR count). The van der Waals surface area contributed by atoms with Gasteiger partial charge in [0.2, 0.25) is 0 Å². The average Bonchev–Trinajstić information content (AvgIpc) is 2.72. The van der Waals surface area contributed by atoms with E-state index in [0.717, 1.165) is 25.9 Å². The van der Waals surface area contributed by atoms with Gasteiger partial charge in [-0.2, -0.15) is 11.8 Å². The van der Waals surface area contributed by atoms with Gasteiger partial charge in [0, 0.05) is 38.9 Å². The number of nitrogens with one attached hydrogen (secondary N) is 1. The Bertz CT molecular complexity index is 606. The Balaban J connectivity index is 1.98. The molecule has 28 heavy (non-hydrogen) atoms. The number of methoxy groups -OCH3 is 2. The molecule has 1 aliphatic heterocycles. The summed E-state index contributed by atoms with van der Waals surface area (Å²) in [5.41, 5.74) is 0.535. The summed E-state index contributed by atoms with van der Waals surface area (Å²) in [7, 11) is 3.23. The van der Waals surface area contributed by atoms with Crippen LogP contribution in [0.2, 0.25) is 0 Å². The van der Waals surface area contributed by atoms with Crippen molar-refractivity contribution in [3.05, 3.63) is 23.8 Å². The lowest BCUT2D eigenvalue weighted by atomic mass is 10.0. The fourth-order valence-corrected chi connectivity index (χ4v) is 3.94. The van der Waals surface area contributed by atoms with E-state index in [4.69, 9.17) is 14.2 Å². The molecule has 1 unspecified atom stereocenters. The van der Waals surface area contributed by atoms with Gasteiger partial charge in [0.05, 0.1) is 19.3 Å². The summed E-state index contributed by atoms with van der Waals surface area (Å²) in [4.78, 5) is 15.1. The largest absolute Gasteiger partial charge is 0.497 e. The quantitative estimate of drug-likeness (QED) is 0.566. The first kappa shape index (κ1) is 22.8. The van der Waals surface area contributed by atoms with E-state index < -0.39 is 0 Å². The molecule has 0 aromatic heterocycles. The molecule has 1 aliphatic rings. The third-order valence-corrected chi connectivity index (χ3v) is 5.80. The SMILES string of the molecule is COCCNC(=O)c1ccc(OC)cc1OC1CCN(C(C)CCSC)CC1. The van der Waals surface area contributed by atoms with E-state index in [1.54, 1.807) is 32.4 Å². The number of benzene rings is 1. The molecule has 1 fully saturated rings. The summed E-state index contributed by atoms with van der Waals surface area (Å²) < 4.78 is 16.6. The van der Waals surface area contributed by atoms with Gasteiger partial charge in [0.25, 0.3) is 5.91 Å². The monoisotopic (exact) mass is 410 g/mol. The van der Waals surface area contributed by atoms with Crippen molar-refractivity contribution in [3.63, 3.8) is 0 Å². The summed E-state index contributed by atoms with van der Waals surface area (Å²) in [5.74, 6) is 2.32. The summed E-state index contributed by atoms with van der Waals surface area (Å²) >= 11 is 1.90. The second kappa shape index (κ2) is 12.2. The van der Waals surface area contributed by atoms with Crippen molar-refractivity contribution >= 4 is 17.7 Å². The van der Waals surface area contributed by atoms with E-state index in [2.05, 4.69) is 23.4 Å². The third-order valence-electron chi connectivity index (χ3n) is 5.16. The number of carbonyl (C=O) groups excluding carboxylic acids is 1. The number of ether oxygens (including phenoxy) is 3. The van der Waals surface area contributed by atoms with Gasteiger partial charge in [-0.15, -0.1) is 0 Å². The number of piperidine rings is 1. The number of hydrogen-bond donors (Lipinski definition) is 1. The van der Waals surface area contributed by atoms with E-state index in [1.165, 1.54) is 12.2 Å². The number of rotatable bonds is 11. The Morgan fingerprint density at radius 3 is 2.71 bits per heavy atom. The maximum Gasteiger partial charge on any atom is 0.255 e. The van der Waals surface area contributed by atoms with Crippen LogP contribution in [0, 0.1) is 0 Å². The molecule has 7 heteroatoms. The highest BCUT2D eigenvalue weighted by molar-refractivity contribution is 7.98. The van der Waals surface area contributed by atoms with Gasteiger partial charge in [-0.05, 0) is 50.3 Å². The number of nitrogens with zero attached hydrogens (tertiary/aromatic N) is 1. The first-order chi connectivity index (χ1) is 13.6. The molecule has 0 aliphatic carbocycles. The number of thioether (sulfide) groups is 1. The van der Waals surface area contributed by atoms with Crippen molar-refractivity contribution in [2.24, 2.45) is 0 Å². The van der Waals surface area contributed by atoms with Crippen LogP contribution in [-0.4, -0.2) is 75.4 Å². The first-order valence-electron chi connectivity index (χ1n) is 9.93. The normalized spacial score (nSPS) is 16.6. The summed E-state index contributed by atoms with van der Waals surface area (Å²) in [6, 6.07) is 5.95. The zero-order valence-corrected chi connectivity index (χ0v) is 18.3. The van der Waals surface area contributed by atoms with Crippen LogP contribution in [0.3, 0.4) is 0 Å². The minimum absolute atomic E-state index is 0.113. The lowest BCUT2D eigenvalue weighted by molar-refractivity contribution is 0.0768. The maximum absolute atomic E-state index is 12.5. The van der Waals surface area contributed by atoms with Gasteiger partial charge in [0.15, 0.2) is 0 Å². The predicted molar refractivity (Wildman–Crippen MR) is 115 cm³/mol. The third kappa shape index (κ3) is 6.87. The van der Waals surface area contributed by atoms with Crippen LogP contribution in [0.25, 0.3) is 0 Å². The number of likely N-dealkylation sites (tertiary alicyclic amines) is 1. The van der Waals surface area contributed by atoms with Gasteiger partial charge in [-0.3, -0.25) is 4.79 Å². The van der Waals surface area contributed by atoms with E-state index in [1.807, 2.05) is 11.8 Å². The molecule has 1 heterocycles. The van der Waals surface area contributed by atoms with E-state index in [0.29, 0.717) is 36.3 Å². The standard InChI is InChI=1S/C21H34N2O4S/c1-16(9-14-28-4)23-11-7-17(8-12-23)27-20-15-18(26-3)5-6-19(20)21(24)22-10-13-25-2/h5-6,15-17H,7-14H2,1-4H3,(H,22,24). The smallest absolute Gasteiger partial charge is 0.255 e. The van der Waals surface area contributed by atoms with Gasteiger partial charge in [-0.1, -0.05) is 0 Å². The molecule has 0 saturated carbocycles. The molecule has 0 radical (unpaired) electrons. The number of carbonyl (C=O) groups is 1. The zero-order chi connectivity index (χ0) is 20.4. The molecule has 1 atom stereocenters. The van der Waals surface area contributed by atoms with Crippen LogP contribution in [0.5, 0.6) is 11.5 Å². The molecule has 0 spiro atoms. The van der Waals surface area contributed by atoms with Gasteiger partial charge >= 0.3 is 0 Å². The molecule has 1 aromatic rings. The summed E-state index contributed by atoms with van der Waals surface area (Å²) in [5, 5.41) is 2.86. The lowest BCUT2D eigenvalue weighted by Gasteiger charge is -2.36. The average molecular weight is 411 g/mol. The predicted octanol–water partition coefficient (Wildman–Crippen LogP) is 3.06. The van der Waals surface area contributed by atoms with Crippen LogP contribution >= 0.6 is 11.8 Å². The van der Waals surface area contributed by atoms with Crippen molar-refractivity contribution in [2.75, 3.05) is 52.5 Å². The highest BCUT2D eigenvalue weighted by Gasteiger charge is 2.25. The fraction of sp³-hybridized carbons (Fsp3) is 0.667. The Hall–Kier alpha value is -1.44. The Labute approximate surface area is 173 Å². The van der Waals surface area contributed by atoms with Crippen molar-refractivity contribution < 1.29 is 19.0 Å². The van der Waals surface area contributed by atoms with Crippen LogP contribution < -0.4 is 14.8 Å². The van der Waals surface area contributed by atoms with E-state index in [9.17, 15) is 4.79 Å². The number of amides is 1. The van der Waals surface area contributed by atoms with Crippen molar-refractivity contribution in [1.29, 1.82) is 0 Å².